The molecule has 36 heavy (non-hydrogen) atoms. The number of aromatic amines is 1. The largest absolute Gasteiger partial charge is 0.466 e. The van der Waals surface area contributed by atoms with Crippen molar-refractivity contribution in [2.24, 2.45) is 0 Å². The fourth-order valence-corrected chi connectivity index (χ4v) is 5.15. The summed E-state index contributed by atoms with van der Waals surface area (Å²) in [6.45, 7) is 2.12. The van der Waals surface area contributed by atoms with Crippen LogP contribution in [-0.4, -0.2) is 22.1 Å². The third-order valence-electron chi connectivity index (χ3n) is 6.80. The highest BCUT2D eigenvalue weighted by Crippen LogP contribution is 2.39. The van der Waals surface area contributed by atoms with E-state index in [2.05, 4.69) is 40.0 Å². The molecule has 0 saturated heterocycles. The normalized spacial score (nSPS) is 13.4. The zero-order valence-corrected chi connectivity index (χ0v) is 20.6. The van der Waals surface area contributed by atoms with E-state index in [0.717, 1.165) is 27.6 Å². The van der Waals surface area contributed by atoms with Crippen molar-refractivity contribution >= 4 is 39.4 Å². The zero-order valence-electron chi connectivity index (χ0n) is 19.9. The molecule has 1 aliphatic carbocycles. The Bertz CT molecular complexity index is 1690. The van der Waals surface area contributed by atoms with Gasteiger partial charge in [0, 0.05) is 34.4 Å². The Hall–Kier alpha value is -3.83. The quantitative estimate of drug-likeness (QED) is 0.260. The van der Waals surface area contributed by atoms with Crippen molar-refractivity contribution in [3.05, 3.63) is 93.9 Å². The smallest absolute Gasteiger partial charge is 0.310 e. The molecule has 0 spiro atoms. The molecule has 0 unspecified atom stereocenters. The Morgan fingerprint density at radius 1 is 1.00 bits per heavy atom. The third-order valence-corrected chi connectivity index (χ3v) is 7.11. The summed E-state index contributed by atoms with van der Waals surface area (Å²) in [5, 5.41) is 2.69. The molecule has 180 valence electrons. The maximum Gasteiger partial charge on any atom is 0.310 e. The minimum atomic E-state index is -0.286. The Kier molecular flexibility index (Phi) is 5.65. The molecule has 0 aliphatic heterocycles. The SMILES string of the molecule is CCOC(=O)Cc1cccc(-c2cc3cc(-c4ccc5ccn(C6CC6)c5c4)c(Cl)cc3[nH]c2=O)c1. The molecule has 1 fully saturated rings. The highest BCUT2D eigenvalue weighted by Gasteiger charge is 2.24. The van der Waals surface area contributed by atoms with Gasteiger partial charge in [-0.3, -0.25) is 9.59 Å². The summed E-state index contributed by atoms with van der Waals surface area (Å²) in [5.41, 5.74) is 5.74. The summed E-state index contributed by atoms with van der Waals surface area (Å²) in [5.74, 6) is -0.286. The van der Waals surface area contributed by atoms with Crippen molar-refractivity contribution in [1.82, 2.24) is 9.55 Å². The number of aromatic nitrogens is 2. The maximum atomic E-state index is 13.0. The number of benzene rings is 3. The van der Waals surface area contributed by atoms with Gasteiger partial charge in [-0.15, -0.1) is 0 Å². The number of H-pyrrole nitrogens is 1. The molecule has 1 saturated carbocycles. The summed E-state index contributed by atoms with van der Waals surface area (Å²) in [6, 6.07) is 22.4. The van der Waals surface area contributed by atoms with Crippen LogP contribution in [-0.2, 0) is 16.0 Å². The number of carbonyl (C=O) groups excluding carboxylic acids is 1. The Morgan fingerprint density at radius 2 is 1.81 bits per heavy atom. The van der Waals surface area contributed by atoms with E-state index in [4.69, 9.17) is 16.3 Å². The van der Waals surface area contributed by atoms with E-state index >= 15 is 0 Å². The molecule has 6 rings (SSSR count). The molecule has 0 bridgehead atoms. The Labute approximate surface area is 213 Å². The molecule has 1 N–H and O–H groups in total. The van der Waals surface area contributed by atoms with Gasteiger partial charge < -0.3 is 14.3 Å². The first-order valence-corrected chi connectivity index (χ1v) is 12.6. The van der Waals surface area contributed by atoms with Gasteiger partial charge in [-0.25, -0.2) is 0 Å². The fraction of sp³-hybridized carbons (Fsp3) is 0.200. The lowest BCUT2D eigenvalue weighted by Crippen LogP contribution is -2.10. The van der Waals surface area contributed by atoms with Crippen LogP contribution in [0.25, 0.3) is 44.1 Å². The summed E-state index contributed by atoms with van der Waals surface area (Å²) >= 11 is 6.71. The third kappa shape index (κ3) is 4.20. The number of hydrogen-bond acceptors (Lipinski definition) is 3. The van der Waals surface area contributed by atoms with Gasteiger partial charge in [0.1, 0.15) is 0 Å². The maximum absolute atomic E-state index is 13.0. The fourth-order valence-electron chi connectivity index (χ4n) is 4.88. The second-order valence-electron chi connectivity index (χ2n) is 9.34. The van der Waals surface area contributed by atoms with Crippen molar-refractivity contribution < 1.29 is 9.53 Å². The van der Waals surface area contributed by atoms with Gasteiger partial charge in [-0.2, -0.15) is 0 Å². The molecule has 0 radical (unpaired) electrons. The van der Waals surface area contributed by atoms with Gasteiger partial charge in [0.15, 0.2) is 0 Å². The average Bonchev–Trinajstić information content (AvgIpc) is 3.62. The van der Waals surface area contributed by atoms with E-state index in [0.29, 0.717) is 28.8 Å². The Balaban J connectivity index is 1.42. The molecule has 5 aromatic rings. The number of fused-ring (bicyclic) bond motifs is 2. The van der Waals surface area contributed by atoms with E-state index in [1.165, 1.54) is 23.7 Å². The minimum absolute atomic E-state index is 0.165. The van der Waals surface area contributed by atoms with E-state index in [9.17, 15) is 9.59 Å². The second kappa shape index (κ2) is 8.99. The number of nitrogens with zero attached hydrogens (tertiary/aromatic N) is 1. The van der Waals surface area contributed by atoms with Crippen LogP contribution >= 0.6 is 11.6 Å². The van der Waals surface area contributed by atoms with Crippen LogP contribution in [0.3, 0.4) is 0 Å². The van der Waals surface area contributed by atoms with Crippen LogP contribution in [0.1, 0.15) is 31.4 Å². The number of hydrogen-bond donors (Lipinski definition) is 1. The molecule has 5 nitrogen and oxygen atoms in total. The van der Waals surface area contributed by atoms with Crippen LogP contribution in [0.5, 0.6) is 0 Å². The number of esters is 1. The first kappa shape index (κ1) is 22.6. The first-order chi connectivity index (χ1) is 17.5. The molecule has 0 amide bonds. The predicted octanol–water partition coefficient (Wildman–Crippen LogP) is 6.91. The molecule has 6 heteroatoms. The lowest BCUT2D eigenvalue weighted by molar-refractivity contribution is -0.142. The number of nitrogens with one attached hydrogen (secondary N) is 1. The highest BCUT2D eigenvalue weighted by atomic mass is 35.5. The summed E-state index contributed by atoms with van der Waals surface area (Å²) < 4.78 is 7.42. The number of halogens is 1. The standard InChI is InChI=1S/C30H25ClN2O3/c1-2-36-29(34)13-18-4-3-5-20(12-18)25-15-22-14-24(26(31)17-27(22)32-30(25)35)21-7-6-19-10-11-33(23-8-9-23)28(19)16-21/h3-7,10-12,14-17,23H,2,8-9,13H2,1H3,(H,32,35). The van der Waals surface area contributed by atoms with E-state index < -0.39 is 0 Å². The van der Waals surface area contributed by atoms with Crippen molar-refractivity contribution in [2.75, 3.05) is 6.61 Å². The lowest BCUT2D eigenvalue weighted by atomic mass is 9.99. The van der Waals surface area contributed by atoms with Crippen molar-refractivity contribution in [2.45, 2.75) is 32.2 Å². The molecule has 0 atom stereocenters. The summed E-state index contributed by atoms with van der Waals surface area (Å²) in [4.78, 5) is 27.9. The van der Waals surface area contributed by atoms with E-state index in [1.54, 1.807) is 6.92 Å². The van der Waals surface area contributed by atoms with Gasteiger partial charge in [0.05, 0.1) is 18.1 Å². The molecule has 3 aromatic carbocycles. The minimum Gasteiger partial charge on any atom is -0.466 e. The monoisotopic (exact) mass is 496 g/mol. The molecular weight excluding hydrogens is 472 g/mol. The van der Waals surface area contributed by atoms with E-state index in [1.807, 2.05) is 42.5 Å². The first-order valence-electron chi connectivity index (χ1n) is 12.2. The number of rotatable bonds is 6. The van der Waals surface area contributed by atoms with Gasteiger partial charge in [0.2, 0.25) is 0 Å². The number of ether oxygens (including phenoxy) is 1. The van der Waals surface area contributed by atoms with Crippen LogP contribution < -0.4 is 5.56 Å². The van der Waals surface area contributed by atoms with Crippen LogP contribution in [0.2, 0.25) is 5.02 Å². The van der Waals surface area contributed by atoms with Gasteiger partial charge in [-0.1, -0.05) is 48.0 Å². The lowest BCUT2D eigenvalue weighted by Gasteiger charge is -2.11. The summed E-state index contributed by atoms with van der Waals surface area (Å²) in [7, 11) is 0. The topological polar surface area (TPSA) is 64.1 Å². The second-order valence-corrected chi connectivity index (χ2v) is 9.75. The molecular formula is C30H25ClN2O3. The number of carbonyl (C=O) groups is 1. The van der Waals surface area contributed by atoms with Gasteiger partial charge in [0.25, 0.3) is 5.56 Å². The molecule has 1 aliphatic rings. The molecule has 2 aromatic heterocycles. The highest BCUT2D eigenvalue weighted by molar-refractivity contribution is 6.34. The zero-order chi connectivity index (χ0) is 24.8. The predicted molar refractivity (Wildman–Crippen MR) is 145 cm³/mol. The van der Waals surface area contributed by atoms with Crippen molar-refractivity contribution in [3.63, 3.8) is 0 Å². The average molecular weight is 497 g/mol. The van der Waals surface area contributed by atoms with Crippen molar-refractivity contribution in [1.29, 1.82) is 0 Å². The van der Waals surface area contributed by atoms with Crippen LogP contribution in [0, 0.1) is 0 Å². The van der Waals surface area contributed by atoms with Crippen LogP contribution in [0.15, 0.2) is 77.7 Å². The molecule has 2 heterocycles. The number of pyridine rings is 1. The Morgan fingerprint density at radius 3 is 2.61 bits per heavy atom. The van der Waals surface area contributed by atoms with E-state index in [-0.39, 0.29) is 17.9 Å². The summed E-state index contributed by atoms with van der Waals surface area (Å²) in [6.07, 6.45) is 4.78. The van der Waals surface area contributed by atoms with Crippen LogP contribution in [0.4, 0.5) is 0 Å². The van der Waals surface area contributed by atoms with Crippen molar-refractivity contribution in [3.8, 4) is 22.3 Å². The van der Waals surface area contributed by atoms with Gasteiger partial charge in [-0.05, 0) is 77.6 Å². The van der Waals surface area contributed by atoms with Gasteiger partial charge >= 0.3 is 5.97 Å².